The van der Waals surface area contributed by atoms with Gasteiger partial charge in [-0.3, -0.25) is 9.59 Å². The number of amides is 2. The largest absolute Gasteiger partial charge is 0.416 e. The summed E-state index contributed by atoms with van der Waals surface area (Å²) in [4.78, 5) is 32.2. The van der Waals surface area contributed by atoms with Crippen LogP contribution in [0.15, 0.2) is 84.1 Å². The molecule has 0 bridgehead atoms. The van der Waals surface area contributed by atoms with Crippen molar-refractivity contribution in [1.29, 1.82) is 0 Å². The standard InChI is InChI=1S/C29H39F3N8O2/c1-2-23(40(15-13-33)16-14-34)19-37-26(36)18-24(35)27(41)39-25(12-11-20-7-4-3-5-8-20)28(42)38-22-10-6-9-21(17-22)29(30,31)32/h2-10,17,19,24-25H,1,11-16,18,33-35H2,(H2,36,37)(H,38,42)(H,39,41)/b23-19+/t24-,25-/m0/s1. The number of alkyl halides is 3. The van der Waals surface area contributed by atoms with Gasteiger partial charge in [0.25, 0.3) is 0 Å². The highest BCUT2D eigenvalue weighted by Gasteiger charge is 2.31. The molecule has 2 aromatic carbocycles. The highest BCUT2D eigenvalue weighted by atomic mass is 19.4. The highest BCUT2D eigenvalue weighted by Crippen LogP contribution is 2.30. The van der Waals surface area contributed by atoms with Crippen molar-refractivity contribution in [3.05, 3.63) is 90.3 Å². The van der Waals surface area contributed by atoms with Crippen LogP contribution in [0.2, 0.25) is 0 Å². The fourth-order valence-corrected chi connectivity index (χ4v) is 3.97. The van der Waals surface area contributed by atoms with Gasteiger partial charge < -0.3 is 38.5 Å². The van der Waals surface area contributed by atoms with Crippen molar-refractivity contribution in [2.75, 3.05) is 31.5 Å². The summed E-state index contributed by atoms with van der Waals surface area (Å²) in [5, 5.41) is 5.07. The molecule has 42 heavy (non-hydrogen) atoms. The number of hydrogen-bond donors (Lipinski definition) is 6. The molecule has 13 heteroatoms. The molecule has 228 valence electrons. The lowest BCUT2D eigenvalue weighted by atomic mass is 10.0. The number of aryl methyl sites for hydroxylation is 1. The van der Waals surface area contributed by atoms with Crippen LogP contribution in [-0.4, -0.2) is 60.8 Å². The Bertz CT molecular complexity index is 1230. The second-order valence-electron chi connectivity index (χ2n) is 9.41. The number of nitrogens with one attached hydrogen (secondary N) is 2. The predicted octanol–water partition coefficient (Wildman–Crippen LogP) is 2.08. The van der Waals surface area contributed by atoms with Gasteiger partial charge in [0.15, 0.2) is 0 Å². The number of hydrogen-bond acceptors (Lipinski definition) is 7. The lowest BCUT2D eigenvalue weighted by Gasteiger charge is -2.23. The van der Waals surface area contributed by atoms with E-state index >= 15 is 0 Å². The van der Waals surface area contributed by atoms with Crippen LogP contribution in [0.3, 0.4) is 0 Å². The fourth-order valence-electron chi connectivity index (χ4n) is 3.97. The van der Waals surface area contributed by atoms with Gasteiger partial charge in [-0.25, -0.2) is 4.99 Å². The van der Waals surface area contributed by atoms with Gasteiger partial charge >= 0.3 is 6.18 Å². The van der Waals surface area contributed by atoms with Crippen LogP contribution < -0.4 is 33.6 Å². The third kappa shape index (κ3) is 11.4. The number of allylic oxidation sites excluding steroid dienone is 1. The lowest BCUT2D eigenvalue weighted by Crippen LogP contribution is -2.51. The Labute approximate surface area is 243 Å². The molecule has 0 unspecified atom stereocenters. The van der Waals surface area contributed by atoms with Gasteiger partial charge in [-0.1, -0.05) is 43.0 Å². The first-order valence-corrected chi connectivity index (χ1v) is 13.4. The number of benzene rings is 2. The predicted molar refractivity (Wildman–Crippen MR) is 159 cm³/mol. The smallest absolute Gasteiger partial charge is 0.387 e. The maximum absolute atomic E-state index is 13.1. The minimum Gasteiger partial charge on any atom is -0.387 e. The molecule has 0 radical (unpaired) electrons. The van der Waals surface area contributed by atoms with E-state index in [-0.39, 0.29) is 24.4 Å². The number of halogens is 3. The molecule has 0 aliphatic carbocycles. The van der Waals surface area contributed by atoms with E-state index in [1.165, 1.54) is 18.3 Å². The molecule has 10 nitrogen and oxygen atoms in total. The summed E-state index contributed by atoms with van der Waals surface area (Å²) in [6, 6.07) is 11.2. The average Bonchev–Trinajstić information content (AvgIpc) is 2.95. The summed E-state index contributed by atoms with van der Waals surface area (Å²) in [7, 11) is 0. The molecule has 0 aromatic heterocycles. The molecule has 0 heterocycles. The first-order valence-electron chi connectivity index (χ1n) is 13.4. The van der Waals surface area contributed by atoms with Gasteiger partial charge in [-0.2, -0.15) is 13.2 Å². The Morgan fingerprint density at radius 1 is 1.02 bits per heavy atom. The topological polar surface area (TPSA) is 178 Å². The molecule has 0 saturated heterocycles. The van der Waals surface area contributed by atoms with E-state index in [2.05, 4.69) is 22.2 Å². The molecule has 2 aromatic rings. The molecular weight excluding hydrogens is 549 g/mol. The van der Waals surface area contributed by atoms with Crippen molar-refractivity contribution in [2.45, 2.75) is 37.5 Å². The quantitative estimate of drug-likeness (QED) is 0.0987. The minimum absolute atomic E-state index is 0.0578. The van der Waals surface area contributed by atoms with Gasteiger partial charge in [0.2, 0.25) is 11.8 Å². The molecule has 2 amide bonds. The molecule has 0 saturated carbocycles. The Morgan fingerprint density at radius 3 is 2.29 bits per heavy atom. The minimum atomic E-state index is -4.58. The van der Waals surface area contributed by atoms with Gasteiger partial charge in [-0.05, 0) is 42.7 Å². The van der Waals surface area contributed by atoms with Gasteiger partial charge in [0, 0.05) is 38.3 Å². The first-order chi connectivity index (χ1) is 20.0. The number of aliphatic imine (C=N–C) groups is 1. The molecule has 2 atom stereocenters. The molecule has 0 aliphatic heterocycles. The summed E-state index contributed by atoms with van der Waals surface area (Å²) in [5.41, 5.74) is 24.0. The summed E-state index contributed by atoms with van der Waals surface area (Å²) in [6.07, 6.45) is -1.07. The number of carbonyl (C=O) groups is 2. The van der Waals surface area contributed by atoms with E-state index in [4.69, 9.17) is 22.9 Å². The molecule has 0 fully saturated rings. The monoisotopic (exact) mass is 588 g/mol. The van der Waals surface area contributed by atoms with Crippen molar-refractivity contribution in [3.63, 3.8) is 0 Å². The van der Waals surface area contributed by atoms with Gasteiger partial charge in [-0.15, -0.1) is 0 Å². The summed E-state index contributed by atoms with van der Waals surface area (Å²) in [6.45, 7) is 5.60. The van der Waals surface area contributed by atoms with Gasteiger partial charge in [0.1, 0.15) is 11.9 Å². The van der Waals surface area contributed by atoms with E-state index in [0.717, 1.165) is 17.7 Å². The van der Waals surface area contributed by atoms with Crippen LogP contribution in [0.5, 0.6) is 0 Å². The molecular formula is C29H39F3N8O2. The number of anilines is 1. The Hall–Kier alpha value is -4.20. The zero-order valence-electron chi connectivity index (χ0n) is 23.3. The van der Waals surface area contributed by atoms with Crippen LogP contribution in [0.25, 0.3) is 0 Å². The SMILES string of the molecule is C=C/C(=C\N=C(/N)C[C@H](N)C(=O)N[C@@H](CCc1ccccc1)C(=O)Nc1cccc(C(F)(F)F)c1)N(CCN)CCN. The van der Waals surface area contributed by atoms with E-state index in [1.54, 1.807) is 6.08 Å². The maximum Gasteiger partial charge on any atom is 0.416 e. The maximum atomic E-state index is 13.1. The van der Waals surface area contributed by atoms with Crippen LogP contribution in [0, 0.1) is 0 Å². The fraction of sp³-hybridized carbons (Fsp3) is 0.345. The van der Waals surface area contributed by atoms with E-state index in [0.29, 0.717) is 38.3 Å². The van der Waals surface area contributed by atoms with E-state index in [9.17, 15) is 22.8 Å². The number of nitrogens with two attached hydrogens (primary N) is 4. The molecule has 2 rings (SSSR count). The van der Waals surface area contributed by atoms with E-state index < -0.39 is 35.6 Å². The van der Waals surface area contributed by atoms with Crippen LogP contribution >= 0.6 is 0 Å². The van der Waals surface area contributed by atoms with Crippen molar-refractivity contribution in [3.8, 4) is 0 Å². The van der Waals surface area contributed by atoms with Crippen LogP contribution in [0.4, 0.5) is 18.9 Å². The second kappa shape index (κ2) is 16.9. The zero-order chi connectivity index (χ0) is 31.1. The average molecular weight is 589 g/mol. The Balaban J connectivity index is 2.15. The third-order valence-corrected chi connectivity index (χ3v) is 6.16. The Kier molecular flexibility index (Phi) is 13.7. The first kappa shape index (κ1) is 34.0. The van der Waals surface area contributed by atoms with E-state index in [1.807, 2.05) is 35.2 Å². The highest BCUT2D eigenvalue weighted by molar-refractivity contribution is 5.98. The number of rotatable bonds is 16. The number of carbonyl (C=O) groups excluding carboxylic acids is 2. The van der Waals surface area contributed by atoms with Crippen molar-refractivity contribution in [1.82, 2.24) is 10.2 Å². The normalized spacial score (nSPS) is 13.7. The molecule has 10 N–H and O–H groups in total. The Morgan fingerprint density at radius 2 is 1.69 bits per heavy atom. The van der Waals surface area contributed by atoms with Crippen LogP contribution in [-0.2, 0) is 22.2 Å². The summed E-state index contributed by atoms with van der Waals surface area (Å²) < 4.78 is 39.4. The third-order valence-electron chi connectivity index (χ3n) is 6.16. The van der Waals surface area contributed by atoms with Crippen molar-refractivity contribution < 1.29 is 22.8 Å². The summed E-state index contributed by atoms with van der Waals surface area (Å²) >= 11 is 0. The van der Waals surface area contributed by atoms with Gasteiger partial charge in [0.05, 0.1) is 23.5 Å². The van der Waals surface area contributed by atoms with Crippen LogP contribution in [0.1, 0.15) is 24.0 Å². The summed E-state index contributed by atoms with van der Waals surface area (Å²) in [5.74, 6) is -1.30. The zero-order valence-corrected chi connectivity index (χ0v) is 23.3. The number of amidine groups is 1. The number of nitrogens with zero attached hydrogens (tertiary/aromatic N) is 2. The van der Waals surface area contributed by atoms with Crippen molar-refractivity contribution in [2.24, 2.45) is 27.9 Å². The second-order valence-corrected chi connectivity index (χ2v) is 9.41. The van der Waals surface area contributed by atoms with Crippen molar-refractivity contribution >= 4 is 23.3 Å². The molecule has 0 spiro atoms. The lowest BCUT2D eigenvalue weighted by molar-refractivity contribution is -0.137. The molecule has 0 aliphatic rings.